The topological polar surface area (TPSA) is 78.1 Å². The van der Waals surface area contributed by atoms with E-state index >= 15 is 0 Å². The summed E-state index contributed by atoms with van der Waals surface area (Å²) in [6.07, 6.45) is 3.95. The summed E-state index contributed by atoms with van der Waals surface area (Å²) in [5, 5.41) is 0. The highest BCUT2D eigenvalue weighted by molar-refractivity contribution is 4.81. The van der Waals surface area contributed by atoms with Gasteiger partial charge in [0, 0.05) is 18.1 Å². The van der Waals surface area contributed by atoms with E-state index in [0.29, 0.717) is 0 Å². The smallest absolute Gasteiger partial charge is 0.00682 e. The minimum atomic E-state index is 0.229. The van der Waals surface area contributed by atoms with Crippen LogP contribution in [0.3, 0.4) is 0 Å². The maximum Gasteiger partial charge on any atom is 0.00682 e. The van der Waals surface area contributed by atoms with Crippen molar-refractivity contribution >= 4 is 0 Å². The van der Waals surface area contributed by atoms with Crippen molar-refractivity contribution in [2.45, 2.75) is 43.8 Å². The zero-order valence-corrected chi connectivity index (χ0v) is 6.29. The second kappa shape index (κ2) is 3.32. The van der Waals surface area contributed by atoms with Crippen molar-refractivity contribution in [3.05, 3.63) is 0 Å². The maximum atomic E-state index is 5.76. The van der Waals surface area contributed by atoms with Crippen molar-refractivity contribution in [1.82, 2.24) is 0 Å². The molecule has 0 spiro atoms. The average Bonchev–Trinajstić information content (AvgIpc) is 1.93. The third-order valence-electron chi connectivity index (χ3n) is 2.12. The van der Waals surface area contributed by atoms with E-state index in [1.54, 1.807) is 0 Å². The highest BCUT2D eigenvalue weighted by Gasteiger charge is 2.18. The van der Waals surface area contributed by atoms with Crippen molar-refractivity contribution in [2.24, 2.45) is 17.2 Å². The highest BCUT2D eigenvalue weighted by Crippen LogP contribution is 2.14. The van der Waals surface area contributed by atoms with E-state index in [0.717, 1.165) is 25.7 Å². The van der Waals surface area contributed by atoms with Crippen LogP contribution < -0.4 is 17.2 Å². The monoisotopic (exact) mass is 143 g/mol. The first-order valence-electron chi connectivity index (χ1n) is 3.95. The first kappa shape index (κ1) is 7.98. The van der Waals surface area contributed by atoms with Gasteiger partial charge in [0.05, 0.1) is 0 Å². The van der Waals surface area contributed by atoms with Crippen LogP contribution in [0.2, 0.25) is 0 Å². The molecule has 10 heavy (non-hydrogen) atoms. The van der Waals surface area contributed by atoms with E-state index in [1.807, 2.05) is 0 Å². The summed E-state index contributed by atoms with van der Waals surface area (Å²) in [5.41, 5.74) is 17.3. The Morgan fingerprint density at radius 3 is 1.50 bits per heavy atom. The second-order valence-corrected chi connectivity index (χ2v) is 3.33. The molecule has 1 aliphatic rings. The lowest BCUT2D eigenvalue weighted by Crippen LogP contribution is -2.31. The van der Waals surface area contributed by atoms with Gasteiger partial charge in [-0.2, -0.15) is 0 Å². The third-order valence-corrected chi connectivity index (χ3v) is 2.12. The standard InChI is InChI=1S/C7H17N3/c8-5-1-2-6(9)4-7(10)3-5/h5-7H,1-4,8-10H2. The Hall–Kier alpha value is -0.120. The number of hydrogen-bond acceptors (Lipinski definition) is 3. The van der Waals surface area contributed by atoms with Gasteiger partial charge < -0.3 is 17.2 Å². The summed E-state index contributed by atoms with van der Waals surface area (Å²) in [6, 6.07) is 0.791. The van der Waals surface area contributed by atoms with Gasteiger partial charge in [-0.15, -0.1) is 0 Å². The first-order valence-corrected chi connectivity index (χ1v) is 3.95. The van der Waals surface area contributed by atoms with Crippen LogP contribution in [0.25, 0.3) is 0 Å². The Labute approximate surface area is 61.9 Å². The number of nitrogens with two attached hydrogens (primary N) is 3. The lowest BCUT2D eigenvalue weighted by atomic mass is 10.1. The number of hydrogen-bond donors (Lipinski definition) is 3. The summed E-state index contributed by atoms with van der Waals surface area (Å²) >= 11 is 0. The molecule has 1 rings (SSSR count). The van der Waals surface area contributed by atoms with Gasteiger partial charge in [-0.3, -0.25) is 0 Å². The fourth-order valence-electron chi connectivity index (χ4n) is 1.54. The highest BCUT2D eigenvalue weighted by atomic mass is 14.7. The van der Waals surface area contributed by atoms with Crippen molar-refractivity contribution in [1.29, 1.82) is 0 Å². The van der Waals surface area contributed by atoms with Crippen LogP contribution in [0.1, 0.15) is 25.7 Å². The van der Waals surface area contributed by atoms with Crippen molar-refractivity contribution in [3.8, 4) is 0 Å². The summed E-state index contributed by atoms with van der Waals surface area (Å²) < 4.78 is 0. The molecule has 2 unspecified atom stereocenters. The lowest BCUT2D eigenvalue weighted by molar-refractivity contribution is 0.519. The average molecular weight is 143 g/mol. The molecule has 0 aromatic rings. The minimum absolute atomic E-state index is 0.229. The van der Waals surface area contributed by atoms with Crippen LogP contribution in [-0.4, -0.2) is 18.1 Å². The van der Waals surface area contributed by atoms with Gasteiger partial charge in [0.1, 0.15) is 0 Å². The van der Waals surface area contributed by atoms with Gasteiger partial charge in [-0.25, -0.2) is 0 Å². The first-order chi connectivity index (χ1) is 4.68. The van der Waals surface area contributed by atoms with Gasteiger partial charge in [0.25, 0.3) is 0 Å². The molecule has 2 atom stereocenters. The molecule has 0 saturated heterocycles. The van der Waals surface area contributed by atoms with E-state index < -0.39 is 0 Å². The van der Waals surface area contributed by atoms with E-state index in [2.05, 4.69) is 0 Å². The van der Waals surface area contributed by atoms with Gasteiger partial charge in [-0.05, 0) is 25.7 Å². The molecule has 0 aromatic heterocycles. The molecular formula is C7H17N3. The molecule has 0 aliphatic heterocycles. The fourth-order valence-corrected chi connectivity index (χ4v) is 1.54. The molecule has 1 aliphatic carbocycles. The molecule has 0 amide bonds. The minimum Gasteiger partial charge on any atom is -0.328 e. The zero-order chi connectivity index (χ0) is 7.56. The van der Waals surface area contributed by atoms with E-state index in [1.165, 1.54) is 0 Å². The van der Waals surface area contributed by atoms with Crippen LogP contribution in [0.15, 0.2) is 0 Å². The number of rotatable bonds is 0. The van der Waals surface area contributed by atoms with E-state index in [9.17, 15) is 0 Å². The molecule has 0 bridgehead atoms. The summed E-state index contributed by atoms with van der Waals surface area (Å²) in [4.78, 5) is 0. The normalized spacial score (nSPS) is 42.9. The van der Waals surface area contributed by atoms with Crippen molar-refractivity contribution < 1.29 is 0 Å². The molecule has 3 nitrogen and oxygen atoms in total. The Bertz CT molecular complexity index is 93.0. The molecule has 60 valence electrons. The third kappa shape index (κ3) is 2.25. The van der Waals surface area contributed by atoms with Gasteiger partial charge in [-0.1, -0.05) is 0 Å². The zero-order valence-electron chi connectivity index (χ0n) is 6.29. The van der Waals surface area contributed by atoms with E-state index in [4.69, 9.17) is 17.2 Å². The van der Waals surface area contributed by atoms with Gasteiger partial charge in [0.2, 0.25) is 0 Å². The van der Waals surface area contributed by atoms with Crippen molar-refractivity contribution in [2.75, 3.05) is 0 Å². The molecule has 0 heterocycles. The van der Waals surface area contributed by atoms with E-state index in [-0.39, 0.29) is 18.1 Å². The Morgan fingerprint density at radius 2 is 1.10 bits per heavy atom. The molecule has 0 radical (unpaired) electrons. The second-order valence-electron chi connectivity index (χ2n) is 3.33. The summed E-state index contributed by atoms with van der Waals surface area (Å²) in [5.74, 6) is 0. The Balaban J connectivity index is 2.38. The Morgan fingerprint density at radius 1 is 0.700 bits per heavy atom. The van der Waals surface area contributed by atoms with Crippen LogP contribution >= 0.6 is 0 Å². The maximum absolute atomic E-state index is 5.76. The van der Waals surface area contributed by atoms with Crippen LogP contribution in [-0.2, 0) is 0 Å². The predicted octanol–water partition coefficient (Wildman–Crippen LogP) is -0.458. The largest absolute Gasteiger partial charge is 0.328 e. The molecular weight excluding hydrogens is 126 g/mol. The Kier molecular flexibility index (Phi) is 2.65. The van der Waals surface area contributed by atoms with Crippen LogP contribution in [0.4, 0.5) is 0 Å². The summed E-state index contributed by atoms with van der Waals surface area (Å²) in [6.45, 7) is 0. The molecule has 1 fully saturated rings. The summed E-state index contributed by atoms with van der Waals surface area (Å²) in [7, 11) is 0. The SMILES string of the molecule is NC1CCC(N)CC(N)C1. The van der Waals surface area contributed by atoms with Gasteiger partial charge >= 0.3 is 0 Å². The van der Waals surface area contributed by atoms with Gasteiger partial charge in [0.15, 0.2) is 0 Å². The molecule has 6 N–H and O–H groups in total. The lowest BCUT2D eigenvalue weighted by Gasteiger charge is -2.11. The molecule has 1 saturated carbocycles. The quantitative estimate of drug-likeness (QED) is 0.402. The van der Waals surface area contributed by atoms with Crippen LogP contribution in [0.5, 0.6) is 0 Å². The molecule has 0 aromatic carbocycles. The molecule has 3 heteroatoms. The fraction of sp³-hybridized carbons (Fsp3) is 1.00. The predicted molar refractivity (Wildman–Crippen MR) is 42.4 cm³/mol. The van der Waals surface area contributed by atoms with Crippen molar-refractivity contribution in [3.63, 3.8) is 0 Å². The van der Waals surface area contributed by atoms with Crippen LogP contribution in [0, 0.1) is 0 Å².